The lowest BCUT2D eigenvalue weighted by Crippen LogP contribution is -2.49. The number of alkyl carbamates (subject to hydrolysis) is 1. The molecule has 0 bridgehead atoms. The molecule has 1 aliphatic carbocycles. The number of ether oxygens (including phenoxy) is 1. The molecule has 0 saturated heterocycles. The summed E-state index contributed by atoms with van der Waals surface area (Å²) in [5.74, 6) is -0.488. The van der Waals surface area contributed by atoms with E-state index in [0.717, 1.165) is 10.0 Å². The normalized spacial score (nSPS) is 24.0. The van der Waals surface area contributed by atoms with Crippen molar-refractivity contribution in [3.63, 3.8) is 0 Å². The van der Waals surface area contributed by atoms with Gasteiger partial charge in [0.15, 0.2) is 9.84 Å². The van der Waals surface area contributed by atoms with E-state index in [1.54, 1.807) is 51.1 Å². The van der Waals surface area contributed by atoms with Gasteiger partial charge >= 0.3 is 6.09 Å². The summed E-state index contributed by atoms with van der Waals surface area (Å²) in [5.41, 5.74) is 4.99. The van der Waals surface area contributed by atoms with Crippen LogP contribution < -0.4 is 11.1 Å². The van der Waals surface area contributed by atoms with Crippen molar-refractivity contribution < 1.29 is 17.9 Å². The van der Waals surface area contributed by atoms with Crippen LogP contribution in [0.1, 0.15) is 32.3 Å². The number of amides is 1. The largest absolute Gasteiger partial charge is 0.444 e. The fourth-order valence-corrected chi connectivity index (χ4v) is 6.33. The van der Waals surface area contributed by atoms with Gasteiger partial charge in [0, 0.05) is 16.9 Å². The van der Waals surface area contributed by atoms with E-state index in [4.69, 9.17) is 10.5 Å². The third kappa shape index (κ3) is 4.34. The van der Waals surface area contributed by atoms with Crippen LogP contribution in [-0.2, 0) is 14.6 Å². The number of rotatable bonds is 5. The summed E-state index contributed by atoms with van der Waals surface area (Å²) in [6.45, 7) is 5.21. The molecule has 1 fully saturated rings. The van der Waals surface area contributed by atoms with Crippen LogP contribution in [0.15, 0.2) is 64.0 Å². The Morgan fingerprint density at radius 3 is 2.24 bits per heavy atom. The summed E-state index contributed by atoms with van der Waals surface area (Å²) in [4.78, 5) is 12.7. The second-order valence-electron chi connectivity index (χ2n) is 8.18. The summed E-state index contributed by atoms with van der Waals surface area (Å²) in [6, 6.07) is 15.6. The SMILES string of the molecule is CC(C)(C)OC(=O)N[C@]1(CN)[C@H](c2ccc(Br)cc2)[C@@H]1S(=O)(=O)c1ccccc1. The predicted molar refractivity (Wildman–Crippen MR) is 115 cm³/mol. The molecule has 2 aromatic rings. The maximum atomic E-state index is 13.4. The van der Waals surface area contributed by atoms with Crippen LogP contribution in [0.3, 0.4) is 0 Å². The molecule has 0 aromatic heterocycles. The van der Waals surface area contributed by atoms with Crippen molar-refractivity contribution in [2.45, 2.75) is 48.0 Å². The van der Waals surface area contributed by atoms with Gasteiger partial charge in [-0.1, -0.05) is 46.3 Å². The van der Waals surface area contributed by atoms with E-state index in [1.165, 1.54) is 0 Å². The average Bonchev–Trinajstić information content (AvgIpc) is 3.31. The zero-order valence-corrected chi connectivity index (χ0v) is 19.0. The molecule has 0 radical (unpaired) electrons. The molecule has 29 heavy (non-hydrogen) atoms. The highest BCUT2D eigenvalue weighted by molar-refractivity contribution is 9.10. The van der Waals surface area contributed by atoms with Gasteiger partial charge in [-0.3, -0.25) is 0 Å². The molecule has 0 spiro atoms. The minimum Gasteiger partial charge on any atom is -0.444 e. The highest BCUT2D eigenvalue weighted by atomic mass is 79.9. The Balaban J connectivity index is 2.03. The first-order valence-corrected chi connectivity index (χ1v) is 11.6. The van der Waals surface area contributed by atoms with Gasteiger partial charge in [-0.15, -0.1) is 0 Å². The first-order valence-electron chi connectivity index (χ1n) is 9.27. The highest BCUT2D eigenvalue weighted by Gasteiger charge is 2.71. The monoisotopic (exact) mass is 480 g/mol. The first kappa shape index (κ1) is 21.8. The second kappa shape index (κ2) is 7.74. The molecule has 8 heteroatoms. The Hall–Kier alpha value is -1.90. The molecule has 0 heterocycles. The number of benzene rings is 2. The van der Waals surface area contributed by atoms with Gasteiger partial charge < -0.3 is 15.8 Å². The van der Waals surface area contributed by atoms with Crippen LogP contribution in [0.25, 0.3) is 0 Å². The third-order valence-electron chi connectivity index (χ3n) is 4.96. The van der Waals surface area contributed by atoms with Crippen molar-refractivity contribution in [1.29, 1.82) is 0 Å². The number of sulfone groups is 1. The summed E-state index contributed by atoms with van der Waals surface area (Å²) in [6.07, 6.45) is -0.684. The fraction of sp³-hybridized carbons (Fsp3) is 0.381. The smallest absolute Gasteiger partial charge is 0.408 e. The van der Waals surface area contributed by atoms with Gasteiger partial charge in [-0.05, 0) is 50.6 Å². The van der Waals surface area contributed by atoms with E-state index >= 15 is 0 Å². The van der Waals surface area contributed by atoms with Crippen LogP contribution in [0.5, 0.6) is 0 Å². The Kier molecular flexibility index (Phi) is 5.82. The van der Waals surface area contributed by atoms with Gasteiger partial charge in [0.05, 0.1) is 10.4 Å². The quantitative estimate of drug-likeness (QED) is 0.680. The Morgan fingerprint density at radius 2 is 1.72 bits per heavy atom. The second-order valence-corrected chi connectivity index (χ2v) is 11.2. The predicted octanol–water partition coefficient (Wildman–Crippen LogP) is 3.61. The zero-order valence-electron chi connectivity index (χ0n) is 16.6. The van der Waals surface area contributed by atoms with Crippen molar-refractivity contribution in [1.82, 2.24) is 5.32 Å². The number of halogens is 1. The minimum absolute atomic E-state index is 0.0380. The van der Waals surface area contributed by atoms with E-state index < -0.39 is 38.2 Å². The number of nitrogens with one attached hydrogen (secondary N) is 1. The number of hydrogen-bond donors (Lipinski definition) is 2. The van der Waals surface area contributed by atoms with Crippen molar-refractivity contribution in [2.75, 3.05) is 6.54 Å². The molecular formula is C21H25BrN2O4S. The Bertz CT molecular complexity index is 988. The lowest BCUT2D eigenvalue weighted by molar-refractivity contribution is 0.0497. The molecule has 0 unspecified atom stereocenters. The van der Waals surface area contributed by atoms with Gasteiger partial charge in [0.25, 0.3) is 0 Å². The summed E-state index contributed by atoms with van der Waals surface area (Å²) in [7, 11) is -3.74. The number of hydrogen-bond acceptors (Lipinski definition) is 5. The van der Waals surface area contributed by atoms with Crippen molar-refractivity contribution >= 4 is 31.9 Å². The molecule has 2 aromatic carbocycles. The first-order chi connectivity index (χ1) is 13.5. The molecule has 156 valence electrons. The molecule has 1 amide bonds. The molecule has 1 aliphatic rings. The summed E-state index contributed by atoms with van der Waals surface area (Å²) < 4.78 is 33.1. The van der Waals surface area contributed by atoms with Crippen LogP contribution in [0.4, 0.5) is 4.79 Å². The lowest BCUT2D eigenvalue weighted by atomic mass is 10.1. The van der Waals surface area contributed by atoms with Crippen molar-refractivity contribution in [3.05, 3.63) is 64.6 Å². The van der Waals surface area contributed by atoms with Gasteiger partial charge in [0.2, 0.25) is 0 Å². The third-order valence-corrected chi connectivity index (χ3v) is 7.78. The van der Waals surface area contributed by atoms with Crippen molar-refractivity contribution in [3.8, 4) is 0 Å². The highest BCUT2D eigenvalue weighted by Crippen LogP contribution is 2.57. The maximum Gasteiger partial charge on any atom is 0.408 e. The minimum atomic E-state index is -3.74. The van der Waals surface area contributed by atoms with E-state index in [1.807, 2.05) is 24.3 Å². The van der Waals surface area contributed by atoms with E-state index in [9.17, 15) is 13.2 Å². The number of nitrogens with two attached hydrogens (primary N) is 1. The molecule has 3 atom stereocenters. The van der Waals surface area contributed by atoms with E-state index in [-0.39, 0.29) is 11.4 Å². The number of carbonyl (C=O) groups is 1. The molecular weight excluding hydrogens is 456 g/mol. The van der Waals surface area contributed by atoms with E-state index in [0.29, 0.717) is 0 Å². The zero-order chi connectivity index (χ0) is 21.4. The van der Waals surface area contributed by atoms with Crippen LogP contribution in [0.2, 0.25) is 0 Å². The van der Waals surface area contributed by atoms with Crippen LogP contribution >= 0.6 is 15.9 Å². The van der Waals surface area contributed by atoms with Crippen LogP contribution in [0, 0.1) is 0 Å². The fourth-order valence-electron chi connectivity index (χ4n) is 3.70. The maximum absolute atomic E-state index is 13.4. The molecule has 0 aliphatic heterocycles. The Morgan fingerprint density at radius 1 is 1.14 bits per heavy atom. The lowest BCUT2D eigenvalue weighted by Gasteiger charge is -2.24. The van der Waals surface area contributed by atoms with Gasteiger partial charge in [-0.25, -0.2) is 13.2 Å². The van der Waals surface area contributed by atoms with Crippen LogP contribution in [-0.4, -0.2) is 37.4 Å². The summed E-state index contributed by atoms with van der Waals surface area (Å²) in [5, 5.41) is 1.89. The topological polar surface area (TPSA) is 98.5 Å². The molecule has 6 nitrogen and oxygen atoms in total. The van der Waals surface area contributed by atoms with E-state index in [2.05, 4.69) is 21.2 Å². The van der Waals surface area contributed by atoms with Gasteiger partial charge in [-0.2, -0.15) is 0 Å². The molecule has 3 rings (SSSR count). The van der Waals surface area contributed by atoms with Gasteiger partial charge in [0.1, 0.15) is 10.9 Å². The average molecular weight is 481 g/mol. The number of carbonyl (C=O) groups excluding carboxylic acids is 1. The summed E-state index contributed by atoms with van der Waals surface area (Å²) >= 11 is 3.39. The molecule has 3 N–H and O–H groups in total. The standard InChI is InChI=1S/C21H25BrN2O4S/c1-20(2,3)28-19(25)24-21(13-23)17(14-9-11-15(22)12-10-14)18(21)29(26,27)16-7-5-4-6-8-16/h4-12,17-18H,13,23H2,1-3H3,(H,24,25)/t17-,18+,21-/m1/s1. The molecule has 1 saturated carbocycles. The van der Waals surface area contributed by atoms with Crippen molar-refractivity contribution in [2.24, 2.45) is 5.73 Å². The Labute approximate surface area is 179 Å².